The number of amides is 1. The smallest absolute Gasteiger partial charge is 0.336 e. The zero-order valence-corrected chi connectivity index (χ0v) is 18.9. The van der Waals surface area contributed by atoms with E-state index in [1.807, 2.05) is 19.0 Å². The van der Waals surface area contributed by atoms with E-state index in [1.165, 1.54) is 18.2 Å². The first-order valence-electron chi connectivity index (χ1n) is 10.3. The fourth-order valence-electron chi connectivity index (χ4n) is 3.41. The summed E-state index contributed by atoms with van der Waals surface area (Å²) in [5.41, 5.74) is -0.188. The van der Waals surface area contributed by atoms with E-state index in [4.69, 9.17) is 25.5 Å². The standard InChI is InChI=1S/C21H27ClN2O9/c1-24(2)4-3-23-16(26)5-10-6-17(27)31-13-8-14(12(22)7-11(10)13)32-21-20(30)19(29)18(28)15(9-25)33-21/h6-8,15,18-21,25,28-30H,3-5,9H2,1-2H3,(H,23,26)/t15?,18-,19-,20?,21+/m0/s1. The maximum Gasteiger partial charge on any atom is 0.336 e. The topological polar surface area (TPSA) is 162 Å². The zero-order valence-electron chi connectivity index (χ0n) is 18.1. The molecule has 0 saturated carbocycles. The van der Waals surface area contributed by atoms with E-state index in [1.54, 1.807) is 0 Å². The molecular formula is C21H27ClN2O9. The number of fused-ring (bicyclic) bond motifs is 1. The zero-order chi connectivity index (χ0) is 24.3. The van der Waals surface area contributed by atoms with Crippen molar-refractivity contribution in [1.29, 1.82) is 0 Å². The van der Waals surface area contributed by atoms with Crippen LogP contribution in [0, 0.1) is 0 Å². The minimum Gasteiger partial charge on any atom is -0.460 e. The van der Waals surface area contributed by atoms with E-state index in [9.17, 15) is 30.0 Å². The SMILES string of the molecule is CN(C)CCNC(=O)Cc1cc(=O)oc2cc(O[C@@H]3OC(CO)[C@H](O)[C@H](O)C3O)c(Cl)cc12. The fourth-order valence-corrected chi connectivity index (χ4v) is 3.62. The molecule has 2 unspecified atom stereocenters. The van der Waals surface area contributed by atoms with Crippen molar-refractivity contribution in [1.82, 2.24) is 10.2 Å². The summed E-state index contributed by atoms with van der Waals surface area (Å²) in [6, 6.07) is 3.96. The van der Waals surface area contributed by atoms with E-state index in [-0.39, 0.29) is 28.7 Å². The molecule has 1 fully saturated rings. The Hall–Kier alpha value is -2.25. The first-order chi connectivity index (χ1) is 15.6. The molecule has 5 atom stereocenters. The van der Waals surface area contributed by atoms with Crippen LogP contribution >= 0.6 is 11.6 Å². The highest BCUT2D eigenvalue weighted by Crippen LogP contribution is 2.34. The van der Waals surface area contributed by atoms with Gasteiger partial charge in [-0.05, 0) is 25.7 Å². The number of benzene rings is 1. The highest BCUT2D eigenvalue weighted by molar-refractivity contribution is 6.32. The van der Waals surface area contributed by atoms with Crippen molar-refractivity contribution in [2.24, 2.45) is 0 Å². The molecule has 33 heavy (non-hydrogen) atoms. The number of aliphatic hydroxyl groups is 4. The molecule has 0 aliphatic carbocycles. The Bertz CT molecular complexity index is 1040. The van der Waals surface area contributed by atoms with Gasteiger partial charge in [0.1, 0.15) is 35.7 Å². The summed E-state index contributed by atoms with van der Waals surface area (Å²) < 4.78 is 16.1. The van der Waals surface area contributed by atoms with Crippen LogP contribution in [0.2, 0.25) is 5.02 Å². The summed E-state index contributed by atoms with van der Waals surface area (Å²) in [4.78, 5) is 26.3. The van der Waals surface area contributed by atoms with Crippen molar-refractivity contribution in [3.8, 4) is 5.75 Å². The maximum atomic E-state index is 12.3. The minimum absolute atomic E-state index is 0.0377. The van der Waals surface area contributed by atoms with Crippen LogP contribution in [0.25, 0.3) is 11.0 Å². The van der Waals surface area contributed by atoms with Gasteiger partial charge >= 0.3 is 5.63 Å². The Balaban J connectivity index is 1.84. The van der Waals surface area contributed by atoms with Gasteiger partial charge in [-0.15, -0.1) is 0 Å². The molecule has 2 heterocycles. The van der Waals surface area contributed by atoms with E-state index < -0.39 is 42.9 Å². The van der Waals surface area contributed by atoms with Gasteiger partial charge in [0.25, 0.3) is 0 Å². The number of carbonyl (C=O) groups is 1. The average molecular weight is 487 g/mol. The lowest BCUT2D eigenvalue weighted by molar-refractivity contribution is -0.277. The molecule has 1 saturated heterocycles. The van der Waals surface area contributed by atoms with Gasteiger partial charge in [0.2, 0.25) is 12.2 Å². The van der Waals surface area contributed by atoms with E-state index in [0.717, 1.165) is 0 Å². The Morgan fingerprint density at radius 1 is 1.18 bits per heavy atom. The van der Waals surface area contributed by atoms with E-state index >= 15 is 0 Å². The number of likely N-dealkylation sites (N-methyl/N-ethyl adjacent to an activating group) is 1. The first kappa shape index (κ1) is 25.4. The molecule has 1 amide bonds. The molecule has 5 N–H and O–H groups in total. The molecule has 3 rings (SSSR count). The maximum absolute atomic E-state index is 12.3. The Morgan fingerprint density at radius 2 is 1.91 bits per heavy atom. The second kappa shape index (κ2) is 10.8. The molecule has 0 bridgehead atoms. The molecule has 12 heteroatoms. The van der Waals surface area contributed by atoms with Crippen LogP contribution in [-0.2, 0) is 16.0 Å². The average Bonchev–Trinajstić information content (AvgIpc) is 2.74. The lowest BCUT2D eigenvalue weighted by Gasteiger charge is -2.39. The number of nitrogens with one attached hydrogen (secondary N) is 1. The molecule has 1 aromatic heterocycles. The van der Waals surface area contributed by atoms with Gasteiger partial charge in [-0.1, -0.05) is 11.6 Å². The van der Waals surface area contributed by atoms with Crippen LogP contribution in [-0.4, -0.2) is 95.7 Å². The first-order valence-corrected chi connectivity index (χ1v) is 10.6. The summed E-state index contributed by atoms with van der Waals surface area (Å²) in [7, 11) is 3.77. The molecule has 182 valence electrons. The lowest BCUT2D eigenvalue weighted by atomic mass is 9.99. The Kier molecular flexibility index (Phi) is 8.29. The number of rotatable bonds is 8. The van der Waals surface area contributed by atoms with Crippen molar-refractivity contribution in [3.05, 3.63) is 39.2 Å². The van der Waals surface area contributed by atoms with Gasteiger partial charge < -0.3 is 44.5 Å². The quantitative estimate of drug-likeness (QED) is 0.288. The number of halogens is 1. The molecule has 1 aliphatic rings. The summed E-state index contributed by atoms with van der Waals surface area (Å²) in [6.07, 6.45) is -7.51. The Morgan fingerprint density at radius 3 is 2.58 bits per heavy atom. The van der Waals surface area contributed by atoms with Gasteiger partial charge in [-0.25, -0.2) is 4.79 Å². The number of aliphatic hydroxyl groups excluding tert-OH is 4. The third kappa shape index (κ3) is 6.01. The molecule has 0 radical (unpaired) electrons. The van der Waals surface area contributed by atoms with Crippen LogP contribution in [0.1, 0.15) is 5.56 Å². The van der Waals surface area contributed by atoms with Gasteiger partial charge in [0.15, 0.2) is 0 Å². The predicted molar refractivity (Wildman–Crippen MR) is 117 cm³/mol. The summed E-state index contributed by atoms with van der Waals surface area (Å²) in [5, 5.41) is 42.6. The highest BCUT2D eigenvalue weighted by Gasteiger charge is 2.44. The van der Waals surface area contributed by atoms with Crippen LogP contribution in [0.15, 0.2) is 27.4 Å². The number of ether oxygens (including phenoxy) is 2. The molecule has 1 aliphatic heterocycles. The largest absolute Gasteiger partial charge is 0.460 e. The normalized spacial score (nSPS) is 25.4. The van der Waals surface area contributed by atoms with Crippen molar-refractivity contribution < 1.29 is 39.1 Å². The van der Waals surface area contributed by atoms with Gasteiger partial charge in [-0.3, -0.25) is 4.79 Å². The van der Waals surface area contributed by atoms with Crippen LogP contribution in [0.5, 0.6) is 5.75 Å². The van der Waals surface area contributed by atoms with Crippen molar-refractivity contribution in [3.63, 3.8) is 0 Å². The number of hydrogen-bond acceptors (Lipinski definition) is 10. The number of carbonyl (C=O) groups excluding carboxylic acids is 1. The molecule has 2 aromatic rings. The Labute approximate surface area is 194 Å². The predicted octanol–water partition coefficient (Wildman–Crippen LogP) is -1.15. The van der Waals surface area contributed by atoms with Crippen molar-refractivity contribution in [2.45, 2.75) is 37.1 Å². The fraction of sp³-hybridized carbons (Fsp3) is 0.524. The van der Waals surface area contributed by atoms with Gasteiger partial charge in [-0.2, -0.15) is 0 Å². The van der Waals surface area contributed by atoms with Crippen LogP contribution < -0.4 is 15.7 Å². The van der Waals surface area contributed by atoms with Crippen LogP contribution in [0.3, 0.4) is 0 Å². The summed E-state index contributed by atoms with van der Waals surface area (Å²) >= 11 is 6.32. The van der Waals surface area contributed by atoms with E-state index in [0.29, 0.717) is 24.0 Å². The van der Waals surface area contributed by atoms with Crippen LogP contribution in [0.4, 0.5) is 0 Å². The second-order valence-corrected chi connectivity index (χ2v) is 8.42. The van der Waals surface area contributed by atoms with E-state index in [2.05, 4.69) is 5.32 Å². The minimum atomic E-state index is -1.64. The number of nitrogens with zero attached hydrogens (tertiary/aromatic N) is 1. The monoisotopic (exact) mass is 486 g/mol. The van der Waals surface area contributed by atoms with Gasteiger partial charge in [0, 0.05) is 30.6 Å². The summed E-state index contributed by atoms with van der Waals surface area (Å²) in [5.74, 6) is -0.314. The molecule has 1 aromatic carbocycles. The third-order valence-electron chi connectivity index (χ3n) is 5.21. The van der Waals surface area contributed by atoms with Gasteiger partial charge in [0.05, 0.1) is 18.1 Å². The van der Waals surface area contributed by atoms with Crippen molar-refractivity contribution >= 4 is 28.5 Å². The molecule has 0 spiro atoms. The lowest BCUT2D eigenvalue weighted by Crippen LogP contribution is -2.60. The van der Waals surface area contributed by atoms with Crippen molar-refractivity contribution in [2.75, 3.05) is 33.8 Å². The second-order valence-electron chi connectivity index (χ2n) is 8.01. The number of hydrogen-bond donors (Lipinski definition) is 5. The third-order valence-corrected chi connectivity index (χ3v) is 5.50. The summed E-state index contributed by atoms with van der Waals surface area (Å²) in [6.45, 7) is 0.488. The molecule has 11 nitrogen and oxygen atoms in total. The highest BCUT2D eigenvalue weighted by atomic mass is 35.5. The molecular weight excluding hydrogens is 460 g/mol.